The summed E-state index contributed by atoms with van der Waals surface area (Å²) in [7, 11) is 0. The van der Waals surface area contributed by atoms with Crippen LogP contribution in [0.2, 0.25) is 0 Å². The smallest absolute Gasteiger partial charge is 0.223 e. The highest BCUT2D eigenvalue weighted by Crippen LogP contribution is 2.23. The lowest BCUT2D eigenvalue weighted by atomic mass is 10.3. The fraction of sp³-hybridized carbons (Fsp3) is 0.333. The lowest BCUT2D eigenvalue weighted by Crippen LogP contribution is -2.36. The van der Waals surface area contributed by atoms with Crippen LogP contribution in [0.15, 0.2) is 36.7 Å². The molecule has 1 fully saturated rings. The summed E-state index contributed by atoms with van der Waals surface area (Å²) in [6.07, 6.45) is 3.54. The van der Waals surface area contributed by atoms with Gasteiger partial charge in [0.05, 0.1) is 13.2 Å². The van der Waals surface area contributed by atoms with Gasteiger partial charge in [0, 0.05) is 43.3 Å². The zero-order chi connectivity index (χ0) is 13.8. The van der Waals surface area contributed by atoms with E-state index in [2.05, 4.69) is 14.9 Å². The maximum atomic E-state index is 5.68. The van der Waals surface area contributed by atoms with Crippen molar-refractivity contribution in [2.75, 3.05) is 31.2 Å². The Labute approximate surface area is 118 Å². The second-order valence-corrected chi connectivity index (χ2v) is 4.73. The van der Waals surface area contributed by atoms with Crippen LogP contribution in [0.5, 0.6) is 11.8 Å². The lowest BCUT2D eigenvalue weighted by Gasteiger charge is -2.28. The second kappa shape index (κ2) is 5.88. The molecule has 0 amide bonds. The van der Waals surface area contributed by atoms with Crippen LogP contribution in [0.3, 0.4) is 0 Å². The Balaban J connectivity index is 1.75. The van der Waals surface area contributed by atoms with Crippen molar-refractivity contribution in [3.05, 3.63) is 42.2 Å². The minimum atomic E-state index is 0.558. The number of pyridine rings is 2. The van der Waals surface area contributed by atoms with E-state index in [1.165, 1.54) is 0 Å². The van der Waals surface area contributed by atoms with Crippen LogP contribution in [0.1, 0.15) is 5.56 Å². The molecule has 5 nitrogen and oxygen atoms in total. The first kappa shape index (κ1) is 12.9. The number of aromatic nitrogens is 2. The summed E-state index contributed by atoms with van der Waals surface area (Å²) >= 11 is 0. The summed E-state index contributed by atoms with van der Waals surface area (Å²) in [5.41, 5.74) is 2.21. The molecule has 104 valence electrons. The second-order valence-electron chi connectivity index (χ2n) is 4.73. The summed E-state index contributed by atoms with van der Waals surface area (Å²) in [4.78, 5) is 10.7. The van der Waals surface area contributed by atoms with E-state index in [-0.39, 0.29) is 0 Å². The molecule has 0 N–H and O–H groups in total. The standard InChI is InChI=1S/C15H17N3O2/c1-12-2-3-14(17-11-12)20-15-10-13(4-5-16-15)18-6-8-19-9-7-18/h2-5,10-11H,6-9H2,1H3. The molecule has 2 aromatic rings. The predicted molar refractivity (Wildman–Crippen MR) is 76.3 cm³/mol. The first-order chi connectivity index (χ1) is 9.81. The fourth-order valence-corrected chi connectivity index (χ4v) is 2.09. The molecule has 0 radical (unpaired) electrons. The first-order valence-electron chi connectivity index (χ1n) is 6.70. The molecule has 20 heavy (non-hydrogen) atoms. The Morgan fingerprint density at radius 3 is 2.70 bits per heavy atom. The van der Waals surface area contributed by atoms with E-state index in [9.17, 15) is 0 Å². The minimum Gasteiger partial charge on any atom is -0.421 e. The van der Waals surface area contributed by atoms with E-state index in [4.69, 9.17) is 9.47 Å². The summed E-state index contributed by atoms with van der Waals surface area (Å²) in [6, 6.07) is 7.74. The normalized spacial score (nSPS) is 15.2. The Kier molecular flexibility index (Phi) is 3.78. The Bertz CT molecular complexity index is 566. The third kappa shape index (κ3) is 3.05. The molecular formula is C15H17N3O2. The lowest BCUT2D eigenvalue weighted by molar-refractivity contribution is 0.122. The monoisotopic (exact) mass is 271 g/mol. The molecule has 3 rings (SSSR count). The summed E-state index contributed by atoms with van der Waals surface area (Å²) < 4.78 is 11.0. The molecule has 0 aliphatic carbocycles. The van der Waals surface area contributed by atoms with Gasteiger partial charge in [-0.05, 0) is 18.6 Å². The van der Waals surface area contributed by atoms with Gasteiger partial charge in [0.15, 0.2) is 0 Å². The first-order valence-corrected chi connectivity index (χ1v) is 6.70. The predicted octanol–water partition coefficient (Wildman–Crippen LogP) is 2.41. The molecule has 5 heteroatoms. The van der Waals surface area contributed by atoms with Crippen molar-refractivity contribution in [3.8, 4) is 11.8 Å². The summed E-state index contributed by atoms with van der Waals surface area (Å²) in [5, 5.41) is 0. The molecule has 1 aliphatic heterocycles. The number of anilines is 1. The van der Waals surface area contributed by atoms with Crippen LogP contribution in [-0.2, 0) is 4.74 Å². The van der Waals surface area contributed by atoms with Gasteiger partial charge in [0.2, 0.25) is 11.8 Å². The highest BCUT2D eigenvalue weighted by atomic mass is 16.5. The molecule has 2 aromatic heterocycles. The van der Waals surface area contributed by atoms with Crippen LogP contribution in [0.4, 0.5) is 5.69 Å². The van der Waals surface area contributed by atoms with Gasteiger partial charge in [-0.2, -0.15) is 0 Å². The molecule has 0 aromatic carbocycles. The zero-order valence-corrected chi connectivity index (χ0v) is 11.5. The van der Waals surface area contributed by atoms with Crippen LogP contribution < -0.4 is 9.64 Å². The highest BCUT2D eigenvalue weighted by molar-refractivity contribution is 5.48. The van der Waals surface area contributed by atoms with E-state index in [0.29, 0.717) is 11.8 Å². The number of hydrogen-bond donors (Lipinski definition) is 0. The number of aryl methyl sites for hydroxylation is 1. The van der Waals surface area contributed by atoms with Gasteiger partial charge in [-0.3, -0.25) is 0 Å². The number of morpholine rings is 1. The van der Waals surface area contributed by atoms with Gasteiger partial charge in [0.1, 0.15) is 0 Å². The van der Waals surface area contributed by atoms with Crippen molar-refractivity contribution in [3.63, 3.8) is 0 Å². The maximum absolute atomic E-state index is 5.68. The van der Waals surface area contributed by atoms with Crippen molar-refractivity contribution in [2.45, 2.75) is 6.92 Å². The number of ether oxygens (including phenoxy) is 2. The van der Waals surface area contributed by atoms with E-state index < -0.39 is 0 Å². The quantitative estimate of drug-likeness (QED) is 0.858. The van der Waals surface area contributed by atoms with Crippen LogP contribution in [-0.4, -0.2) is 36.3 Å². The zero-order valence-electron chi connectivity index (χ0n) is 11.5. The van der Waals surface area contributed by atoms with E-state index >= 15 is 0 Å². The summed E-state index contributed by atoms with van der Waals surface area (Å²) in [6.45, 7) is 5.31. The molecule has 0 saturated carbocycles. The van der Waals surface area contributed by atoms with E-state index in [1.54, 1.807) is 12.4 Å². The van der Waals surface area contributed by atoms with Gasteiger partial charge < -0.3 is 14.4 Å². The van der Waals surface area contributed by atoms with E-state index in [0.717, 1.165) is 37.6 Å². The number of nitrogens with zero attached hydrogens (tertiary/aromatic N) is 3. The molecule has 0 unspecified atom stereocenters. The van der Waals surface area contributed by atoms with Crippen LogP contribution in [0.25, 0.3) is 0 Å². The number of hydrogen-bond acceptors (Lipinski definition) is 5. The van der Waals surface area contributed by atoms with Crippen molar-refractivity contribution < 1.29 is 9.47 Å². The molecular weight excluding hydrogens is 254 g/mol. The molecule has 0 bridgehead atoms. The molecule has 3 heterocycles. The largest absolute Gasteiger partial charge is 0.421 e. The van der Waals surface area contributed by atoms with Gasteiger partial charge in [0.25, 0.3) is 0 Å². The molecule has 1 saturated heterocycles. The number of rotatable bonds is 3. The maximum Gasteiger partial charge on any atom is 0.223 e. The Morgan fingerprint density at radius 2 is 1.95 bits per heavy atom. The SMILES string of the molecule is Cc1ccc(Oc2cc(N3CCOCC3)ccn2)nc1. The molecule has 0 spiro atoms. The summed E-state index contributed by atoms with van der Waals surface area (Å²) in [5.74, 6) is 1.12. The van der Waals surface area contributed by atoms with E-state index in [1.807, 2.05) is 31.2 Å². The Morgan fingerprint density at radius 1 is 1.10 bits per heavy atom. The van der Waals surface area contributed by atoms with Gasteiger partial charge >= 0.3 is 0 Å². The van der Waals surface area contributed by atoms with Crippen molar-refractivity contribution in [2.24, 2.45) is 0 Å². The highest BCUT2D eigenvalue weighted by Gasteiger charge is 2.12. The average Bonchev–Trinajstić information content (AvgIpc) is 2.51. The third-order valence-electron chi connectivity index (χ3n) is 3.19. The van der Waals surface area contributed by atoms with Crippen molar-refractivity contribution in [1.82, 2.24) is 9.97 Å². The Hall–Kier alpha value is -2.14. The van der Waals surface area contributed by atoms with Crippen LogP contribution in [0, 0.1) is 6.92 Å². The van der Waals surface area contributed by atoms with Gasteiger partial charge in [-0.1, -0.05) is 6.07 Å². The van der Waals surface area contributed by atoms with Crippen LogP contribution >= 0.6 is 0 Å². The third-order valence-corrected chi connectivity index (χ3v) is 3.19. The topological polar surface area (TPSA) is 47.5 Å². The van der Waals surface area contributed by atoms with Gasteiger partial charge in [-0.15, -0.1) is 0 Å². The average molecular weight is 271 g/mol. The molecule has 0 atom stereocenters. The van der Waals surface area contributed by atoms with Crippen molar-refractivity contribution in [1.29, 1.82) is 0 Å². The van der Waals surface area contributed by atoms with Gasteiger partial charge in [-0.25, -0.2) is 9.97 Å². The van der Waals surface area contributed by atoms with Crippen molar-refractivity contribution >= 4 is 5.69 Å². The fourth-order valence-electron chi connectivity index (χ4n) is 2.09. The molecule has 1 aliphatic rings. The minimum absolute atomic E-state index is 0.558.